The quantitative estimate of drug-likeness (QED) is 0.352. The molecule has 2 N–H and O–H groups in total. The van der Waals surface area contributed by atoms with Crippen LogP contribution in [0.4, 0.5) is 5.69 Å². The van der Waals surface area contributed by atoms with Gasteiger partial charge in [-0.05, 0) is 23.8 Å². The second-order valence-electron chi connectivity index (χ2n) is 6.29. The lowest BCUT2D eigenvalue weighted by Crippen LogP contribution is -2.25. The molecule has 0 unspecified atom stereocenters. The molecule has 0 aliphatic carbocycles. The van der Waals surface area contributed by atoms with Gasteiger partial charge in [-0.25, -0.2) is 9.56 Å². The third kappa shape index (κ3) is 3.32. The maximum Gasteiger partial charge on any atom is 0.177 e. The van der Waals surface area contributed by atoms with Crippen molar-refractivity contribution < 1.29 is 4.57 Å². The molecule has 3 aromatic heterocycles. The average Bonchev–Trinajstić information content (AvgIpc) is 3.05. The van der Waals surface area contributed by atoms with E-state index in [0.717, 1.165) is 17.8 Å². The van der Waals surface area contributed by atoms with E-state index >= 15 is 0 Å². The van der Waals surface area contributed by atoms with E-state index < -0.39 is 0 Å². The monoisotopic (exact) mass is 342 g/mol. The van der Waals surface area contributed by atoms with Crippen LogP contribution in [0.15, 0.2) is 84.5 Å². The fraction of sp³-hybridized carbons (Fsp3) is 0.0952. The summed E-state index contributed by atoms with van der Waals surface area (Å²) in [5.41, 5.74) is 10.3. The third-order valence-corrected chi connectivity index (χ3v) is 4.36. The first kappa shape index (κ1) is 16.0. The van der Waals surface area contributed by atoms with Crippen molar-refractivity contribution in [2.24, 2.45) is 17.8 Å². The van der Waals surface area contributed by atoms with Crippen molar-refractivity contribution in [3.63, 3.8) is 0 Å². The van der Waals surface area contributed by atoms with Crippen LogP contribution in [0.2, 0.25) is 0 Å². The number of aliphatic imine (C=N–C) groups is 1. The van der Waals surface area contributed by atoms with E-state index in [1.54, 1.807) is 12.4 Å². The Balaban J connectivity index is 1.55. The summed E-state index contributed by atoms with van der Waals surface area (Å²) in [5, 5.41) is 1.24. The van der Waals surface area contributed by atoms with Crippen molar-refractivity contribution in [2.45, 2.75) is 6.54 Å². The van der Waals surface area contributed by atoms with Crippen molar-refractivity contribution in [3.8, 4) is 0 Å². The molecule has 0 amide bonds. The Kier molecular flexibility index (Phi) is 4.19. The molecule has 0 aliphatic rings. The molecule has 0 fully saturated rings. The Hall–Kier alpha value is -3.47. The topological polar surface area (TPSA) is 60.1 Å². The summed E-state index contributed by atoms with van der Waals surface area (Å²) in [6.45, 7) is 0.818. The Morgan fingerprint density at radius 3 is 2.62 bits per heavy atom. The Morgan fingerprint density at radius 2 is 1.85 bits per heavy atom. The molecule has 0 aliphatic heterocycles. The summed E-state index contributed by atoms with van der Waals surface area (Å²) in [6.07, 6.45) is 9.73. The number of rotatable bonds is 4. The van der Waals surface area contributed by atoms with Crippen LogP contribution in [-0.2, 0) is 13.6 Å². The van der Waals surface area contributed by atoms with Crippen molar-refractivity contribution in [2.75, 3.05) is 0 Å². The summed E-state index contributed by atoms with van der Waals surface area (Å²) in [5.74, 6) is 0.502. The Bertz CT molecular complexity index is 1060. The highest BCUT2D eigenvalue weighted by Gasteiger charge is 2.06. The van der Waals surface area contributed by atoms with Gasteiger partial charge in [-0.3, -0.25) is 4.98 Å². The van der Waals surface area contributed by atoms with Crippen molar-refractivity contribution in [1.29, 1.82) is 0 Å². The molecule has 0 bridgehead atoms. The van der Waals surface area contributed by atoms with Crippen molar-refractivity contribution in [3.05, 3.63) is 90.6 Å². The SMILES string of the molecule is C[n+]1ccc2c(ccn2Cc2ccc(C(N)=Nc3ccncc3)cc2)c1. The second kappa shape index (κ2) is 6.80. The zero-order chi connectivity index (χ0) is 17.9. The van der Waals surface area contributed by atoms with Gasteiger partial charge in [0.2, 0.25) is 0 Å². The molecule has 5 heteroatoms. The number of aromatic nitrogens is 3. The first-order valence-electron chi connectivity index (χ1n) is 8.47. The smallest absolute Gasteiger partial charge is 0.177 e. The fourth-order valence-electron chi connectivity index (χ4n) is 2.99. The third-order valence-electron chi connectivity index (χ3n) is 4.36. The molecule has 3 heterocycles. The van der Waals surface area contributed by atoms with Crippen LogP contribution in [-0.4, -0.2) is 15.4 Å². The number of hydrogen-bond acceptors (Lipinski definition) is 2. The molecule has 128 valence electrons. The maximum absolute atomic E-state index is 6.12. The highest BCUT2D eigenvalue weighted by atomic mass is 15.0. The summed E-state index contributed by atoms with van der Waals surface area (Å²) in [4.78, 5) is 8.42. The highest BCUT2D eigenvalue weighted by Crippen LogP contribution is 2.16. The molecule has 4 aromatic rings. The minimum absolute atomic E-state index is 0.502. The number of fused-ring (bicyclic) bond motifs is 1. The van der Waals surface area contributed by atoms with Crippen LogP contribution in [0.3, 0.4) is 0 Å². The lowest BCUT2D eigenvalue weighted by atomic mass is 10.1. The highest BCUT2D eigenvalue weighted by molar-refractivity contribution is 5.99. The molecular formula is C21H20N5+. The van der Waals surface area contributed by atoms with E-state index in [4.69, 9.17) is 5.73 Å². The summed E-state index contributed by atoms with van der Waals surface area (Å²) < 4.78 is 4.31. The summed E-state index contributed by atoms with van der Waals surface area (Å²) >= 11 is 0. The van der Waals surface area contributed by atoms with Gasteiger partial charge in [0.1, 0.15) is 12.9 Å². The normalized spacial score (nSPS) is 11.8. The van der Waals surface area contributed by atoms with Crippen LogP contribution in [0, 0.1) is 0 Å². The van der Waals surface area contributed by atoms with E-state index in [-0.39, 0.29) is 0 Å². The molecule has 0 saturated carbocycles. The number of aryl methyl sites for hydroxylation is 1. The molecule has 4 rings (SSSR count). The minimum Gasteiger partial charge on any atom is -0.383 e. The predicted octanol–water partition coefficient (Wildman–Crippen LogP) is 2.95. The van der Waals surface area contributed by atoms with Crippen LogP contribution in [0.5, 0.6) is 0 Å². The fourth-order valence-corrected chi connectivity index (χ4v) is 2.99. The van der Waals surface area contributed by atoms with Gasteiger partial charge in [0.15, 0.2) is 12.4 Å². The van der Waals surface area contributed by atoms with E-state index in [2.05, 4.69) is 62.0 Å². The largest absolute Gasteiger partial charge is 0.383 e. The van der Waals surface area contributed by atoms with Crippen molar-refractivity contribution in [1.82, 2.24) is 9.55 Å². The molecule has 0 atom stereocenters. The number of amidine groups is 1. The zero-order valence-corrected chi connectivity index (χ0v) is 14.6. The first-order chi connectivity index (χ1) is 12.7. The van der Waals surface area contributed by atoms with Crippen LogP contribution in [0.25, 0.3) is 10.9 Å². The van der Waals surface area contributed by atoms with E-state index in [1.807, 2.05) is 31.3 Å². The average molecular weight is 342 g/mol. The van der Waals surface area contributed by atoms with E-state index in [9.17, 15) is 0 Å². The van der Waals surface area contributed by atoms with Gasteiger partial charge in [0, 0.05) is 36.8 Å². The molecule has 0 saturated heterocycles. The van der Waals surface area contributed by atoms with Gasteiger partial charge < -0.3 is 10.3 Å². The van der Waals surface area contributed by atoms with Gasteiger partial charge in [0.25, 0.3) is 0 Å². The van der Waals surface area contributed by atoms with E-state index in [1.165, 1.54) is 16.5 Å². The van der Waals surface area contributed by atoms with Gasteiger partial charge in [-0.2, -0.15) is 0 Å². The molecule has 0 spiro atoms. The molecular weight excluding hydrogens is 322 g/mol. The lowest BCUT2D eigenvalue weighted by Gasteiger charge is -2.07. The number of nitrogens with two attached hydrogens (primary N) is 1. The lowest BCUT2D eigenvalue weighted by molar-refractivity contribution is -0.670. The molecule has 1 aromatic carbocycles. The number of benzene rings is 1. The van der Waals surface area contributed by atoms with Crippen molar-refractivity contribution >= 4 is 22.4 Å². The molecule has 5 nitrogen and oxygen atoms in total. The van der Waals surface area contributed by atoms with Crippen LogP contribution < -0.4 is 10.3 Å². The first-order valence-corrected chi connectivity index (χ1v) is 8.47. The zero-order valence-electron chi connectivity index (χ0n) is 14.6. The minimum atomic E-state index is 0.502. The maximum atomic E-state index is 6.12. The number of hydrogen-bond donors (Lipinski definition) is 1. The van der Waals surface area contributed by atoms with Gasteiger partial charge in [-0.1, -0.05) is 24.3 Å². The summed E-state index contributed by atoms with van der Waals surface area (Å²) in [6, 6.07) is 16.2. The summed E-state index contributed by atoms with van der Waals surface area (Å²) in [7, 11) is 2.04. The Morgan fingerprint density at radius 1 is 1.08 bits per heavy atom. The van der Waals surface area contributed by atoms with Gasteiger partial charge >= 0.3 is 0 Å². The van der Waals surface area contributed by atoms with Gasteiger partial charge in [-0.15, -0.1) is 0 Å². The predicted molar refractivity (Wildman–Crippen MR) is 103 cm³/mol. The number of pyridine rings is 2. The standard InChI is InChI=1S/C21H20N5/c1-25-12-9-20-18(15-25)8-13-26(20)14-16-2-4-17(5-3-16)21(22)24-19-6-10-23-11-7-19/h2-13,15H,14H2,1H3,(H2,22,23,24)/q+1. The molecule has 0 radical (unpaired) electrons. The van der Waals surface area contributed by atoms with E-state index in [0.29, 0.717) is 5.84 Å². The van der Waals surface area contributed by atoms with Gasteiger partial charge in [0.05, 0.1) is 16.6 Å². The number of nitrogens with zero attached hydrogens (tertiary/aromatic N) is 4. The Labute approximate surface area is 152 Å². The molecule has 26 heavy (non-hydrogen) atoms. The van der Waals surface area contributed by atoms with Crippen LogP contribution in [0.1, 0.15) is 11.1 Å². The second-order valence-corrected chi connectivity index (χ2v) is 6.29. The van der Waals surface area contributed by atoms with Crippen LogP contribution >= 0.6 is 0 Å².